The number of amides is 1. The number of rotatable bonds is 6. The van der Waals surface area contributed by atoms with Gasteiger partial charge in [0.05, 0.1) is 12.2 Å². The van der Waals surface area contributed by atoms with Gasteiger partial charge in [-0.05, 0) is 70.8 Å². The van der Waals surface area contributed by atoms with Gasteiger partial charge in [-0.3, -0.25) is 14.4 Å². The Labute approximate surface area is 144 Å². The molecule has 5 heteroatoms. The Bertz CT molecular complexity index is 618. The minimum Gasteiger partial charge on any atom is -0.352 e. The van der Waals surface area contributed by atoms with Crippen molar-refractivity contribution in [1.29, 1.82) is 0 Å². The van der Waals surface area contributed by atoms with E-state index in [9.17, 15) is 4.79 Å². The molecule has 0 radical (unpaired) electrons. The van der Waals surface area contributed by atoms with Crippen LogP contribution in [0, 0.1) is 25.7 Å². The second kappa shape index (κ2) is 6.17. The quantitative estimate of drug-likeness (QED) is 0.872. The molecule has 3 fully saturated rings. The summed E-state index contributed by atoms with van der Waals surface area (Å²) in [6.07, 6.45) is 7.53. The van der Waals surface area contributed by atoms with Crippen molar-refractivity contribution in [3.8, 4) is 0 Å². The molecule has 0 bridgehead atoms. The molecule has 2 heterocycles. The first-order chi connectivity index (χ1) is 11.5. The first-order valence-electron chi connectivity index (χ1n) is 9.58. The van der Waals surface area contributed by atoms with Gasteiger partial charge in [0, 0.05) is 30.4 Å². The van der Waals surface area contributed by atoms with E-state index in [1.807, 2.05) is 11.7 Å². The molecule has 1 saturated heterocycles. The van der Waals surface area contributed by atoms with Crippen LogP contribution < -0.4 is 5.32 Å². The van der Waals surface area contributed by atoms with E-state index < -0.39 is 0 Å². The van der Waals surface area contributed by atoms with Gasteiger partial charge >= 0.3 is 0 Å². The summed E-state index contributed by atoms with van der Waals surface area (Å²) in [6, 6.07) is 0.810. The molecule has 0 unspecified atom stereocenters. The number of aromatic nitrogens is 2. The molecule has 132 valence electrons. The second-order valence-electron chi connectivity index (χ2n) is 8.10. The van der Waals surface area contributed by atoms with Gasteiger partial charge in [0.1, 0.15) is 0 Å². The van der Waals surface area contributed by atoms with Crippen LogP contribution in [-0.2, 0) is 11.8 Å². The second-order valence-corrected chi connectivity index (χ2v) is 8.10. The molecule has 0 spiro atoms. The van der Waals surface area contributed by atoms with E-state index in [4.69, 9.17) is 0 Å². The summed E-state index contributed by atoms with van der Waals surface area (Å²) in [5.74, 6) is 1.75. The van der Waals surface area contributed by atoms with Crippen LogP contribution >= 0.6 is 0 Å². The fourth-order valence-corrected chi connectivity index (χ4v) is 4.56. The summed E-state index contributed by atoms with van der Waals surface area (Å²) >= 11 is 0. The van der Waals surface area contributed by atoms with Crippen LogP contribution in [0.25, 0.3) is 0 Å². The Morgan fingerprint density at radius 1 is 1.21 bits per heavy atom. The maximum absolute atomic E-state index is 12.7. The van der Waals surface area contributed by atoms with Crippen molar-refractivity contribution in [3.63, 3.8) is 0 Å². The third kappa shape index (κ3) is 3.10. The average molecular weight is 330 g/mol. The Morgan fingerprint density at radius 2 is 1.88 bits per heavy atom. The lowest BCUT2D eigenvalue weighted by Gasteiger charge is -2.26. The van der Waals surface area contributed by atoms with Gasteiger partial charge in [-0.2, -0.15) is 5.10 Å². The average Bonchev–Trinajstić information content (AvgIpc) is 3.44. The lowest BCUT2D eigenvalue weighted by Crippen LogP contribution is -2.44. The van der Waals surface area contributed by atoms with E-state index in [1.165, 1.54) is 43.4 Å². The maximum atomic E-state index is 12.7. The number of aryl methyl sites for hydroxylation is 2. The Balaban J connectivity index is 1.42. The van der Waals surface area contributed by atoms with Crippen LogP contribution in [0.1, 0.15) is 61.5 Å². The van der Waals surface area contributed by atoms with Crippen molar-refractivity contribution in [2.24, 2.45) is 18.9 Å². The fraction of sp³-hybridized carbons (Fsp3) is 0.789. The Morgan fingerprint density at radius 3 is 2.42 bits per heavy atom. The summed E-state index contributed by atoms with van der Waals surface area (Å²) in [5.41, 5.74) is 3.68. The number of hydrogen-bond donors (Lipinski definition) is 1. The minimum absolute atomic E-state index is 0.227. The van der Waals surface area contributed by atoms with Crippen molar-refractivity contribution in [2.75, 3.05) is 13.1 Å². The standard InChI is InChI=1S/C19H30N4O/c1-12-18(13(2)22(3)21-12)16-5-4-10-23(16)11-17(24)20-19(14-6-7-14)15-8-9-15/h14-16,19H,4-11H2,1-3H3,(H,20,24)/t16-/m1/s1. The molecule has 24 heavy (non-hydrogen) atoms. The molecule has 3 aliphatic rings. The molecule has 1 aromatic heterocycles. The van der Waals surface area contributed by atoms with Crippen LogP contribution in [0.4, 0.5) is 0 Å². The molecule has 0 aromatic carbocycles. The van der Waals surface area contributed by atoms with E-state index in [2.05, 4.69) is 29.2 Å². The first kappa shape index (κ1) is 16.1. The largest absolute Gasteiger partial charge is 0.352 e. The highest BCUT2D eigenvalue weighted by atomic mass is 16.2. The highest BCUT2D eigenvalue weighted by molar-refractivity contribution is 5.78. The highest BCUT2D eigenvalue weighted by Crippen LogP contribution is 2.44. The molecule has 1 aromatic rings. The zero-order valence-electron chi connectivity index (χ0n) is 15.2. The zero-order chi connectivity index (χ0) is 16.8. The number of likely N-dealkylation sites (tertiary alicyclic amines) is 1. The third-order valence-corrected chi connectivity index (χ3v) is 6.20. The van der Waals surface area contributed by atoms with Crippen LogP contribution in [-0.4, -0.2) is 39.7 Å². The maximum Gasteiger partial charge on any atom is 0.234 e. The van der Waals surface area contributed by atoms with E-state index >= 15 is 0 Å². The fourth-order valence-electron chi connectivity index (χ4n) is 4.56. The van der Waals surface area contributed by atoms with Crippen molar-refractivity contribution in [1.82, 2.24) is 20.0 Å². The molecule has 4 rings (SSSR count). The number of nitrogens with zero attached hydrogens (tertiary/aromatic N) is 3. The lowest BCUT2D eigenvalue weighted by atomic mass is 10.0. The van der Waals surface area contributed by atoms with Crippen molar-refractivity contribution in [3.05, 3.63) is 17.0 Å². The van der Waals surface area contributed by atoms with Crippen molar-refractivity contribution >= 4 is 5.91 Å². The van der Waals surface area contributed by atoms with Gasteiger partial charge < -0.3 is 5.32 Å². The number of carbonyl (C=O) groups excluding carboxylic acids is 1. The monoisotopic (exact) mass is 330 g/mol. The van der Waals surface area contributed by atoms with Gasteiger partial charge in [-0.1, -0.05) is 0 Å². The predicted octanol–water partition coefficient (Wildman–Crippen LogP) is 2.48. The highest BCUT2D eigenvalue weighted by Gasteiger charge is 2.42. The van der Waals surface area contributed by atoms with Gasteiger partial charge in [-0.15, -0.1) is 0 Å². The molecule has 2 aliphatic carbocycles. The zero-order valence-corrected chi connectivity index (χ0v) is 15.2. The predicted molar refractivity (Wildman–Crippen MR) is 93.6 cm³/mol. The normalized spacial score (nSPS) is 24.8. The SMILES string of the molecule is Cc1nn(C)c(C)c1[C@H]1CCCN1CC(=O)NC(C1CC1)C1CC1. The van der Waals surface area contributed by atoms with Gasteiger partial charge in [0.15, 0.2) is 0 Å². The summed E-state index contributed by atoms with van der Waals surface area (Å²) < 4.78 is 1.97. The molecule has 1 atom stereocenters. The van der Waals surface area contributed by atoms with E-state index in [-0.39, 0.29) is 5.91 Å². The topological polar surface area (TPSA) is 50.2 Å². The Hall–Kier alpha value is -1.36. The summed E-state index contributed by atoms with van der Waals surface area (Å²) in [4.78, 5) is 15.0. The molecule has 1 aliphatic heterocycles. The molecule has 2 saturated carbocycles. The summed E-state index contributed by atoms with van der Waals surface area (Å²) in [6.45, 7) is 5.79. The smallest absolute Gasteiger partial charge is 0.234 e. The van der Waals surface area contributed by atoms with Crippen molar-refractivity contribution < 1.29 is 4.79 Å². The van der Waals surface area contributed by atoms with Gasteiger partial charge in [0.25, 0.3) is 0 Å². The van der Waals surface area contributed by atoms with Crippen molar-refractivity contribution in [2.45, 2.75) is 64.5 Å². The first-order valence-corrected chi connectivity index (χ1v) is 9.58. The van der Waals surface area contributed by atoms with Crippen LogP contribution in [0.3, 0.4) is 0 Å². The van der Waals surface area contributed by atoms with E-state index in [1.54, 1.807) is 0 Å². The number of carbonyl (C=O) groups is 1. The number of hydrogen-bond acceptors (Lipinski definition) is 3. The molecule has 1 amide bonds. The van der Waals surface area contributed by atoms with Gasteiger partial charge in [-0.25, -0.2) is 0 Å². The lowest BCUT2D eigenvalue weighted by molar-refractivity contribution is -0.123. The van der Waals surface area contributed by atoms with E-state index in [0.29, 0.717) is 18.6 Å². The molecular formula is C19H30N4O. The van der Waals surface area contributed by atoms with Crippen LogP contribution in [0.15, 0.2) is 0 Å². The minimum atomic E-state index is 0.227. The molecular weight excluding hydrogens is 300 g/mol. The van der Waals surface area contributed by atoms with Crippen LogP contribution in [0.2, 0.25) is 0 Å². The molecule has 5 nitrogen and oxygen atoms in total. The molecule has 1 N–H and O–H groups in total. The summed E-state index contributed by atoms with van der Waals surface area (Å²) in [5, 5.41) is 7.94. The van der Waals surface area contributed by atoms with Crippen LogP contribution in [0.5, 0.6) is 0 Å². The Kier molecular flexibility index (Phi) is 4.15. The van der Waals surface area contributed by atoms with E-state index in [0.717, 1.165) is 30.5 Å². The summed E-state index contributed by atoms with van der Waals surface area (Å²) in [7, 11) is 2.01. The van der Waals surface area contributed by atoms with Gasteiger partial charge in [0.2, 0.25) is 5.91 Å². The number of nitrogens with one attached hydrogen (secondary N) is 1. The third-order valence-electron chi connectivity index (χ3n) is 6.20.